The zero-order valence-corrected chi connectivity index (χ0v) is 49.0. The van der Waals surface area contributed by atoms with E-state index >= 15 is 0 Å². The van der Waals surface area contributed by atoms with Crippen LogP contribution in [0, 0.1) is 0 Å². The summed E-state index contributed by atoms with van der Waals surface area (Å²) >= 11 is 0. The zero-order chi connectivity index (χ0) is 57.1. The molecule has 0 aromatic carbocycles. The van der Waals surface area contributed by atoms with Crippen molar-refractivity contribution in [3.8, 4) is 0 Å². The van der Waals surface area contributed by atoms with Crippen LogP contribution in [0.15, 0.2) is 0 Å². The Morgan fingerprint density at radius 1 is 0.410 bits per heavy atom. The highest BCUT2D eigenvalue weighted by Gasteiger charge is 2.34. The van der Waals surface area contributed by atoms with Crippen molar-refractivity contribution in [3.63, 3.8) is 0 Å². The maximum Gasteiger partial charge on any atom is 0.325 e. The van der Waals surface area contributed by atoms with Crippen LogP contribution in [-0.4, -0.2) is 148 Å². The fourth-order valence-electron chi connectivity index (χ4n) is 9.50. The molecule has 19 nitrogen and oxygen atoms in total. The topological polar surface area (TPSA) is 251 Å². The molecular formula is C59H108N8O11. The molecule has 1 heterocycles. The molecule has 0 unspecified atom stereocenters. The number of esters is 1. The van der Waals surface area contributed by atoms with E-state index in [2.05, 4.69) is 45.7 Å². The first-order chi connectivity index (χ1) is 37.9. The zero-order valence-electron chi connectivity index (χ0n) is 49.0. The summed E-state index contributed by atoms with van der Waals surface area (Å²) in [6.45, 7) is 4.69. The van der Waals surface area contributed by atoms with Gasteiger partial charge < -0.3 is 51.2 Å². The highest BCUT2D eigenvalue weighted by molar-refractivity contribution is 5.94. The molecule has 1 saturated heterocycles. The Balaban J connectivity index is 2.38. The molecule has 0 spiro atoms. The minimum absolute atomic E-state index is 0.148. The van der Waals surface area contributed by atoms with Gasteiger partial charge in [0.15, 0.2) is 0 Å². The second kappa shape index (κ2) is 50.4. The number of nitrogens with one attached hydrogen (secondary N) is 6. The van der Waals surface area contributed by atoms with E-state index in [-0.39, 0.29) is 32.2 Å². The van der Waals surface area contributed by atoms with E-state index in [1.807, 2.05) is 4.90 Å². The molecule has 1 fully saturated rings. The molecule has 0 aliphatic carbocycles. The molecule has 450 valence electrons. The van der Waals surface area contributed by atoms with Crippen molar-refractivity contribution in [1.82, 2.24) is 41.7 Å². The van der Waals surface area contributed by atoms with Gasteiger partial charge in [0.1, 0.15) is 25.8 Å². The van der Waals surface area contributed by atoms with Gasteiger partial charge in [-0.3, -0.25) is 43.2 Å². The molecule has 1 aliphatic heterocycles. The van der Waals surface area contributed by atoms with E-state index in [9.17, 15) is 43.2 Å². The summed E-state index contributed by atoms with van der Waals surface area (Å²) in [6.07, 6.45) is 42.0. The van der Waals surface area contributed by atoms with Gasteiger partial charge in [-0.25, -0.2) is 0 Å². The van der Waals surface area contributed by atoms with Crippen LogP contribution in [-0.2, 0) is 52.6 Å². The Morgan fingerprint density at radius 3 is 1.15 bits per heavy atom. The lowest BCUT2D eigenvalue weighted by atomic mass is 10.0. The summed E-state index contributed by atoms with van der Waals surface area (Å²) < 4.78 is 10.2. The molecule has 1 rings (SSSR count). The fourth-order valence-corrected chi connectivity index (χ4v) is 9.50. The lowest BCUT2D eigenvalue weighted by Gasteiger charge is -2.24. The minimum atomic E-state index is -0.874. The Labute approximate surface area is 469 Å². The van der Waals surface area contributed by atoms with Gasteiger partial charge in [0.25, 0.3) is 0 Å². The number of unbranched alkanes of at least 4 members (excludes halogenated alkanes) is 30. The fraction of sp³-hybridized carbons (Fsp3) is 0.847. The van der Waals surface area contributed by atoms with Gasteiger partial charge in [0.2, 0.25) is 47.3 Å². The first-order valence-corrected chi connectivity index (χ1v) is 30.8. The molecule has 19 heteroatoms. The number of likely N-dealkylation sites (tertiary alicyclic amines) is 1. The standard InChI is InChI=1S/C59H108N8O11/c1-4-7-9-11-13-15-17-19-21-23-25-27-29-31-33-35-39-66(40-36-34-32-30-28-26-24-22-20-18-16-14-12-10-8-5-2)57(74)49-77-48-55(72)62-44-51(68)60-42-52(69)63-46-56(73)67-41-37-38-50(67)59(76)65-45-54(71)61-43-53(70)64-47-58(75)78-6-3/h50H,4-49H2,1-3H3,(H,60,68)(H,61,71)(H,62,72)(H,63,69)(H,64,70)(H,65,76)/t50-/m0/s1. The monoisotopic (exact) mass is 1100 g/mol. The Kier molecular flexibility index (Phi) is 46.0. The maximum atomic E-state index is 13.4. The first-order valence-electron chi connectivity index (χ1n) is 30.8. The Morgan fingerprint density at radius 2 is 0.756 bits per heavy atom. The molecule has 0 radical (unpaired) electrons. The third-order valence-corrected chi connectivity index (χ3v) is 14.2. The Hall–Kier alpha value is -4.81. The summed E-state index contributed by atoms with van der Waals surface area (Å²) in [4.78, 5) is 115. The summed E-state index contributed by atoms with van der Waals surface area (Å²) in [6, 6.07) is -0.874. The van der Waals surface area contributed by atoms with Crippen LogP contribution in [0.1, 0.15) is 239 Å². The third kappa shape index (κ3) is 41.3. The van der Waals surface area contributed by atoms with Crippen molar-refractivity contribution in [1.29, 1.82) is 0 Å². The highest BCUT2D eigenvalue weighted by Crippen LogP contribution is 2.18. The molecule has 78 heavy (non-hydrogen) atoms. The Bertz CT molecular complexity index is 1620. The normalized spacial score (nSPS) is 12.9. The van der Waals surface area contributed by atoms with E-state index in [4.69, 9.17) is 9.47 Å². The second-order valence-electron chi connectivity index (χ2n) is 21.1. The van der Waals surface area contributed by atoms with E-state index in [1.165, 1.54) is 172 Å². The van der Waals surface area contributed by atoms with Gasteiger partial charge in [-0.05, 0) is 32.6 Å². The summed E-state index contributed by atoms with van der Waals surface area (Å²) in [5.41, 5.74) is 0. The number of carbonyl (C=O) groups excluding carboxylic acids is 9. The van der Waals surface area contributed by atoms with Crippen molar-refractivity contribution in [2.24, 2.45) is 0 Å². The first kappa shape index (κ1) is 71.2. The molecule has 0 saturated carbocycles. The van der Waals surface area contributed by atoms with Gasteiger partial charge in [-0.15, -0.1) is 0 Å². The predicted octanol–water partition coefficient (Wildman–Crippen LogP) is 7.61. The minimum Gasteiger partial charge on any atom is -0.465 e. The number of nitrogens with zero attached hydrogens (tertiary/aromatic N) is 2. The molecule has 1 aliphatic rings. The molecule has 0 aromatic heterocycles. The van der Waals surface area contributed by atoms with Crippen LogP contribution in [0.4, 0.5) is 0 Å². The smallest absolute Gasteiger partial charge is 0.325 e. The maximum absolute atomic E-state index is 13.4. The number of hydrogen-bond donors (Lipinski definition) is 6. The van der Waals surface area contributed by atoms with Crippen LogP contribution in [0.5, 0.6) is 0 Å². The number of rotatable bonds is 52. The van der Waals surface area contributed by atoms with Gasteiger partial charge in [-0.2, -0.15) is 0 Å². The average molecular weight is 1110 g/mol. The van der Waals surface area contributed by atoms with E-state index in [0.717, 1.165) is 38.5 Å². The molecule has 0 aromatic rings. The highest BCUT2D eigenvalue weighted by atomic mass is 16.5. The molecule has 1 atom stereocenters. The summed E-state index contributed by atoms with van der Waals surface area (Å²) in [5, 5.41) is 14.3. The summed E-state index contributed by atoms with van der Waals surface area (Å²) in [7, 11) is 0. The second-order valence-corrected chi connectivity index (χ2v) is 21.1. The van der Waals surface area contributed by atoms with Crippen molar-refractivity contribution in [3.05, 3.63) is 0 Å². The van der Waals surface area contributed by atoms with Crippen LogP contribution in [0.3, 0.4) is 0 Å². The number of ether oxygens (including phenoxy) is 2. The van der Waals surface area contributed by atoms with Crippen molar-refractivity contribution >= 4 is 53.2 Å². The van der Waals surface area contributed by atoms with E-state index < -0.39 is 92.7 Å². The quantitative estimate of drug-likeness (QED) is 0.0256. The molecule has 6 N–H and O–H groups in total. The number of carbonyl (C=O) groups is 9. The average Bonchev–Trinajstić information content (AvgIpc) is 3.93. The van der Waals surface area contributed by atoms with E-state index in [0.29, 0.717) is 25.9 Å². The van der Waals surface area contributed by atoms with Gasteiger partial charge in [0, 0.05) is 19.6 Å². The SMILES string of the molecule is CCCCCCCCCCCCCCCCCCN(CCCCCCCCCCCCCCCCCC)C(=O)COCC(=O)NCC(=O)NCC(=O)NCC(=O)N1CCC[C@H]1C(=O)NCC(=O)NCC(=O)NCC(=O)OCC. The lowest BCUT2D eigenvalue weighted by molar-refractivity contribution is -0.143. The van der Waals surface area contributed by atoms with Crippen LogP contribution in [0.25, 0.3) is 0 Å². The van der Waals surface area contributed by atoms with Crippen LogP contribution in [0.2, 0.25) is 0 Å². The largest absolute Gasteiger partial charge is 0.465 e. The molecule has 8 amide bonds. The number of amides is 8. The van der Waals surface area contributed by atoms with Gasteiger partial charge in [0.05, 0.1) is 39.3 Å². The van der Waals surface area contributed by atoms with Crippen molar-refractivity contribution in [2.75, 3.05) is 78.7 Å². The summed E-state index contributed by atoms with van der Waals surface area (Å²) in [5.74, 6) is -5.08. The van der Waals surface area contributed by atoms with Crippen LogP contribution < -0.4 is 31.9 Å². The van der Waals surface area contributed by atoms with Crippen LogP contribution >= 0.6 is 0 Å². The molecule has 0 bridgehead atoms. The van der Waals surface area contributed by atoms with Crippen molar-refractivity contribution in [2.45, 2.75) is 245 Å². The van der Waals surface area contributed by atoms with E-state index in [1.54, 1.807) is 6.92 Å². The lowest BCUT2D eigenvalue weighted by Crippen LogP contribution is -2.51. The molecular weight excluding hydrogens is 997 g/mol. The predicted molar refractivity (Wildman–Crippen MR) is 306 cm³/mol. The van der Waals surface area contributed by atoms with Gasteiger partial charge >= 0.3 is 5.97 Å². The number of hydrogen-bond acceptors (Lipinski definition) is 11. The van der Waals surface area contributed by atoms with Crippen molar-refractivity contribution < 1.29 is 52.6 Å². The third-order valence-electron chi connectivity index (χ3n) is 14.2. The van der Waals surface area contributed by atoms with Gasteiger partial charge in [-0.1, -0.05) is 206 Å².